The molecule has 11 heavy (non-hydrogen) atoms. The topological polar surface area (TPSA) is 37.3 Å². The molecule has 2 nitrogen and oxygen atoms in total. The Bertz CT molecular complexity index is 183. The van der Waals surface area contributed by atoms with E-state index in [0.29, 0.717) is 11.8 Å². The Morgan fingerprint density at radius 3 is 2.36 bits per heavy atom. The van der Waals surface area contributed by atoms with E-state index in [1.54, 1.807) is 0 Å². The number of aliphatic carboxylic acids is 1. The Hall–Kier alpha value is -0.600. The molecule has 2 rings (SSSR count). The largest absolute Gasteiger partial charge is 0.479 e. The predicted octanol–water partition coefficient (Wildman–Crippen LogP) is 1.46. The minimum absolute atomic E-state index is 0.184. The zero-order valence-electron chi connectivity index (χ0n) is 6.16. The predicted molar refractivity (Wildman–Crippen MR) is 36.9 cm³/mol. The highest BCUT2D eigenvalue weighted by Gasteiger charge is 2.49. The average Bonchev–Trinajstić information content (AvgIpc) is 2.57. The first-order valence-corrected chi connectivity index (χ1v) is 4.05. The van der Waals surface area contributed by atoms with Crippen LogP contribution < -0.4 is 0 Å². The van der Waals surface area contributed by atoms with Crippen LogP contribution in [0.15, 0.2) is 0 Å². The normalized spacial score (nSPS) is 43.2. The number of carboxylic acid groups (broad SMARTS) is 1. The van der Waals surface area contributed by atoms with Crippen LogP contribution in [-0.4, -0.2) is 17.2 Å². The van der Waals surface area contributed by atoms with E-state index in [1.807, 2.05) is 0 Å². The van der Waals surface area contributed by atoms with Crippen LogP contribution >= 0.6 is 0 Å². The summed E-state index contributed by atoms with van der Waals surface area (Å²) >= 11 is 0. The van der Waals surface area contributed by atoms with Gasteiger partial charge in [-0.05, 0) is 31.1 Å². The highest BCUT2D eigenvalue weighted by Crippen LogP contribution is 2.55. The third kappa shape index (κ3) is 1.12. The summed E-state index contributed by atoms with van der Waals surface area (Å²) in [5.74, 6) is -0.136. The molecule has 2 saturated carbocycles. The van der Waals surface area contributed by atoms with Gasteiger partial charge in [-0.3, -0.25) is 0 Å². The van der Waals surface area contributed by atoms with E-state index in [0.717, 1.165) is 12.8 Å². The van der Waals surface area contributed by atoms with Crippen molar-refractivity contribution in [1.29, 1.82) is 0 Å². The molecule has 0 saturated heterocycles. The first kappa shape index (κ1) is 7.07. The Morgan fingerprint density at radius 2 is 1.91 bits per heavy atom. The van der Waals surface area contributed by atoms with Gasteiger partial charge in [0, 0.05) is 5.92 Å². The summed E-state index contributed by atoms with van der Waals surface area (Å²) in [6.45, 7) is 0. The molecule has 3 heteroatoms. The maximum Gasteiger partial charge on any atom is 0.338 e. The van der Waals surface area contributed by atoms with Gasteiger partial charge in [-0.15, -0.1) is 0 Å². The summed E-state index contributed by atoms with van der Waals surface area (Å²) in [5.41, 5.74) is 0. The van der Waals surface area contributed by atoms with Gasteiger partial charge in [0.05, 0.1) is 0 Å². The fourth-order valence-corrected chi connectivity index (χ4v) is 2.20. The third-order valence-corrected chi connectivity index (χ3v) is 2.93. The van der Waals surface area contributed by atoms with Crippen molar-refractivity contribution in [1.82, 2.24) is 0 Å². The summed E-state index contributed by atoms with van der Waals surface area (Å²) in [4.78, 5) is 10.2. The van der Waals surface area contributed by atoms with Gasteiger partial charge in [-0.2, -0.15) is 0 Å². The van der Waals surface area contributed by atoms with Crippen LogP contribution in [0.2, 0.25) is 0 Å². The summed E-state index contributed by atoms with van der Waals surface area (Å²) in [7, 11) is 0. The summed E-state index contributed by atoms with van der Waals surface area (Å²) in [6.07, 6.45) is 1.21. The van der Waals surface area contributed by atoms with Crippen LogP contribution in [-0.2, 0) is 4.79 Å². The van der Waals surface area contributed by atoms with Gasteiger partial charge in [-0.25, -0.2) is 9.18 Å². The molecule has 0 heterocycles. The van der Waals surface area contributed by atoms with Crippen LogP contribution in [0, 0.1) is 17.8 Å². The van der Waals surface area contributed by atoms with E-state index >= 15 is 0 Å². The van der Waals surface area contributed by atoms with E-state index in [9.17, 15) is 9.18 Å². The van der Waals surface area contributed by atoms with Crippen molar-refractivity contribution in [3.63, 3.8) is 0 Å². The molecule has 0 radical (unpaired) electrons. The average molecular weight is 158 g/mol. The summed E-state index contributed by atoms with van der Waals surface area (Å²) < 4.78 is 12.8. The second-order valence-corrected chi connectivity index (χ2v) is 3.73. The Kier molecular flexibility index (Phi) is 1.41. The smallest absolute Gasteiger partial charge is 0.338 e. The molecule has 2 aliphatic rings. The molecule has 0 amide bonds. The lowest BCUT2D eigenvalue weighted by Gasteiger charge is -2.12. The molecule has 3 unspecified atom stereocenters. The Balaban J connectivity index is 1.91. The number of hydrogen-bond acceptors (Lipinski definition) is 1. The van der Waals surface area contributed by atoms with Crippen molar-refractivity contribution >= 4 is 5.97 Å². The molecule has 0 aromatic heterocycles. The number of hydrogen-bond donors (Lipinski definition) is 1. The molecule has 1 N–H and O–H groups in total. The van der Waals surface area contributed by atoms with Gasteiger partial charge in [0.1, 0.15) is 0 Å². The Labute approximate surface area is 64.4 Å². The number of rotatable bonds is 2. The van der Waals surface area contributed by atoms with E-state index < -0.39 is 12.1 Å². The van der Waals surface area contributed by atoms with Gasteiger partial charge in [0.2, 0.25) is 0 Å². The molecule has 0 bridgehead atoms. The number of fused-ring (bicyclic) bond motifs is 1. The van der Waals surface area contributed by atoms with Gasteiger partial charge < -0.3 is 5.11 Å². The fraction of sp³-hybridized carbons (Fsp3) is 0.875. The third-order valence-electron chi connectivity index (χ3n) is 2.93. The molecular weight excluding hydrogens is 147 g/mol. The van der Waals surface area contributed by atoms with Crippen LogP contribution in [0.4, 0.5) is 4.39 Å². The first-order valence-electron chi connectivity index (χ1n) is 4.05. The minimum Gasteiger partial charge on any atom is -0.479 e. The SMILES string of the molecule is O=C(O)C(F)C1CC2CC2C1. The Morgan fingerprint density at radius 1 is 1.36 bits per heavy atom. The fourth-order valence-electron chi connectivity index (χ4n) is 2.20. The molecule has 0 aliphatic heterocycles. The highest BCUT2D eigenvalue weighted by molar-refractivity contribution is 5.72. The van der Waals surface area contributed by atoms with Crippen molar-refractivity contribution in [2.75, 3.05) is 0 Å². The summed E-state index contributed by atoms with van der Waals surface area (Å²) in [5, 5.41) is 8.37. The summed E-state index contributed by atoms with van der Waals surface area (Å²) in [6, 6.07) is 0. The quantitative estimate of drug-likeness (QED) is 0.660. The van der Waals surface area contributed by atoms with Crippen LogP contribution in [0.25, 0.3) is 0 Å². The maximum absolute atomic E-state index is 12.8. The molecule has 2 fully saturated rings. The van der Waals surface area contributed by atoms with E-state index in [2.05, 4.69) is 0 Å². The lowest BCUT2D eigenvalue weighted by atomic mass is 9.98. The van der Waals surface area contributed by atoms with Crippen molar-refractivity contribution in [3.8, 4) is 0 Å². The number of carboxylic acids is 1. The molecule has 0 spiro atoms. The number of carbonyl (C=O) groups is 1. The molecule has 0 aromatic rings. The lowest BCUT2D eigenvalue weighted by molar-refractivity contribution is -0.145. The van der Waals surface area contributed by atoms with Gasteiger partial charge in [0.15, 0.2) is 6.17 Å². The van der Waals surface area contributed by atoms with Crippen LogP contribution in [0.5, 0.6) is 0 Å². The molecule has 2 aliphatic carbocycles. The number of halogens is 1. The first-order chi connectivity index (χ1) is 5.18. The van der Waals surface area contributed by atoms with E-state index in [4.69, 9.17) is 5.11 Å². The molecule has 62 valence electrons. The van der Waals surface area contributed by atoms with E-state index in [-0.39, 0.29) is 5.92 Å². The second kappa shape index (κ2) is 2.19. The van der Waals surface area contributed by atoms with Crippen molar-refractivity contribution in [3.05, 3.63) is 0 Å². The van der Waals surface area contributed by atoms with Gasteiger partial charge >= 0.3 is 5.97 Å². The zero-order valence-corrected chi connectivity index (χ0v) is 6.16. The number of alkyl halides is 1. The monoisotopic (exact) mass is 158 g/mol. The lowest BCUT2D eigenvalue weighted by Crippen LogP contribution is -2.23. The molecule has 3 atom stereocenters. The standard InChI is InChI=1S/C8H11FO2/c9-7(8(10)11)6-2-4-1-5(4)3-6/h4-7H,1-3H2,(H,10,11). The van der Waals surface area contributed by atoms with Gasteiger partial charge in [0.25, 0.3) is 0 Å². The van der Waals surface area contributed by atoms with Crippen molar-refractivity contribution < 1.29 is 14.3 Å². The van der Waals surface area contributed by atoms with E-state index in [1.165, 1.54) is 6.42 Å². The van der Waals surface area contributed by atoms with Crippen molar-refractivity contribution in [2.24, 2.45) is 17.8 Å². The highest BCUT2D eigenvalue weighted by atomic mass is 19.1. The molecular formula is C8H11FO2. The zero-order chi connectivity index (χ0) is 8.01. The minimum atomic E-state index is -1.61. The van der Waals surface area contributed by atoms with Crippen LogP contribution in [0.3, 0.4) is 0 Å². The second-order valence-electron chi connectivity index (χ2n) is 3.73. The molecule has 0 aromatic carbocycles. The van der Waals surface area contributed by atoms with Crippen molar-refractivity contribution in [2.45, 2.75) is 25.4 Å². The van der Waals surface area contributed by atoms with Crippen LogP contribution in [0.1, 0.15) is 19.3 Å². The van der Waals surface area contributed by atoms with Gasteiger partial charge in [-0.1, -0.05) is 0 Å². The maximum atomic E-state index is 12.8.